The van der Waals surface area contributed by atoms with E-state index in [0.29, 0.717) is 6.42 Å². The van der Waals surface area contributed by atoms with Gasteiger partial charge in [0.05, 0.1) is 11.4 Å². The highest BCUT2D eigenvalue weighted by molar-refractivity contribution is 7.91. The van der Waals surface area contributed by atoms with E-state index in [0.717, 1.165) is 19.3 Å². The summed E-state index contributed by atoms with van der Waals surface area (Å²) in [6, 6.07) is 0. The molecule has 18 heavy (non-hydrogen) atoms. The third kappa shape index (κ3) is 3.95. The summed E-state index contributed by atoms with van der Waals surface area (Å²) in [6.45, 7) is 8.43. The highest BCUT2D eigenvalue weighted by Crippen LogP contribution is 2.37. The van der Waals surface area contributed by atoms with Crippen LogP contribution in [0.25, 0.3) is 0 Å². The monoisotopic (exact) mass is 276 g/mol. The van der Waals surface area contributed by atoms with Gasteiger partial charge in [0.2, 0.25) is 0 Å². The lowest BCUT2D eigenvalue weighted by Gasteiger charge is -2.39. The van der Waals surface area contributed by atoms with E-state index in [-0.39, 0.29) is 22.5 Å². The summed E-state index contributed by atoms with van der Waals surface area (Å²) in [4.78, 5) is 0. The van der Waals surface area contributed by atoms with Crippen LogP contribution in [-0.4, -0.2) is 31.1 Å². The molecule has 0 saturated heterocycles. The Hall–Kier alpha value is -0.0900. The van der Waals surface area contributed by atoms with Gasteiger partial charge in [-0.1, -0.05) is 34.1 Å². The number of aliphatic hydroxyl groups is 1. The third-order valence-corrected chi connectivity index (χ3v) is 6.27. The standard InChI is InChI=1S/C14H28O3S/c1-10(14(2,3)4)13(15)11-7-6-8-12(9-11)18(5,16)17/h10-13,15H,6-9H2,1-5H3. The molecule has 0 aromatic heterocycles. The van der Waals surface area contributed by atoms with Crippen LogP contribution in [0.3, 0.4) is 0 Å². The maximum atomic E-state index is 11.6. The zero-order chi connectivity index (χ0) is 14.1. The molecule has 1 aliphatic rings. The van der Waals surface area contributed by atoms with Crippen molar-refractivity contribution < 1.29 is 13.5 Å². The van der Waals surface area contributed by atoms with E-state index in [1.807, 2.05) is 0 Å². The van der Waals surface area contributed by atoms with Crippen LogP contribution in [0.15, 0.2) is 0 Å². The Morgan fingerprint density at radius 3 is 2.22 bits per heavy atom. The van der Waals surface area contributed by atoms with Crippen molar-refractivity contribution in [2.24, 2.45) is 17.3 Å². The molecule has 3 nitrogen and oxygen atoms in total. The van der Waals surface area contributed by atoms with Gasteiger partial charge in [-0.2, -0.15) is 0 Å². The lowest BCUT2D eigenvalue weighted by molar-refractivity contribution is -0.00241. The fraction of sp³-hybridized carbons (Fsp3) is 1.00. The number of hydrogen-bond acceptors (Lipinski definition) is 3. The summed E-state index contributed by atoms with van der Waals surface area (Å²) < 4.78 is 23.3. The predicted molar refractivity (Wildman–Crippen MR) is 75.2 cm³/mol. The molecule has 0 aromatic carbocycles. The second kappa shape index (κ2) is 5.49. The van der Waals surface area contributed by atoms with Gasteiger partial charge in [-0.15, -0.1) is 0 Å². The van der Waals surface area contributed by atoms with E-state index in [2.05, 4.69) is 27.7 Å². The molecule has 1 fully saturated rings. The van der Waals surface area contributed by atoms with Crippen molar-refractivity contribution in [2.75, 3.05) is 6.26 Å². The van der Waals surface area contributed by atoms with E-state index in [9.17, 15) is 13.5 Å². The van der Waals surface area contributed by atoms with Crippen molar-refractivity contribution in [3.63, 3.8) is 0 Å². The second-order valence-electron chi connectivity index (χ2n) is 7.02. The van der Waals surface area contributed by atoms with Gasteiger partial charge in [0, 0.05) is 6.26 Å². The SMILES string of the molecule is CC(C(O)C1CCCC(S(C)(=O)=O)C1)C(C)(C)C. The second-order valence-corrected chi connectivity index (χ2v) is 9.35. The van der Waals surface area contributed by atoms with Crippen molar-refractivity contribution in [3.05, 3.63) is 0 Å². The van der Waals surface area contributed by atoms with Crippen LogP contribution in [-0.2, 0) is 9.84 Å². The molecule has 0 bridgehead atoms. The summed E-state index contributed by atoms with van der Waals surface area (Å²) in [5.74, 6) is 0.313. The van der Waals surface area contributed by atoms with Gasteiger partial charge in [0.15, 0.2) is 0 Å². The van der Waals surface area contributed by atoms with E-state index in [1.165, 1.54) is 6.26 Å². The number of sulfone groups is 1. The Morgan fingerprint density at radius 2 is 1.78 bits per heavy atom. The average Bonchev–Trinajstić information content (AvgIpc) is 2.25. The lowest BCUT2D eigenvalue weighted by atomic mass is 9.72. The zero-order valence-electron chi connectivity index (χ0n) is 12.3. The summed E-state index contributed by atoms with van der Waals surface area (Å²) >= 11 is 0. The van der Waals surface area contributed by atoms with Crippen LogP contribution in [0.5, 0.6) is 0 Å². The molecule has 1 rings (SSSR count). The molecule has 1 aliphatic carbocycles. The first kappa shape index (κ1) is 16.0. The molecule has 0 amide bonds. The fourth-order valence-electron chi connectivity index (χ4n) is 2.80. The van der Waals surface area contributed by atoms with E-state index < -0.39 is 15.9 Å². The molecule has 1 saturated carbocycles. The molecule has 0 aromatic rings. The van der Waals surface area contributed by atoms with Crippen LogP contribution in [0.4, 0.5) is 0 Å². The molecule has 0 spiro atoms. The third-order valence-electron chi connectivity index (χ3n) is 4.63. The summed E-state index contributed by atoms with van der Waals surface area (Å²) in [7, 11) is -2.96. The minimum Gasteiger partial charge on any atom is -0.393 e. The van der Waals surface area contributed by atoms with Crippen LogP contribution < -0.4 is 0 Å². The molecule has 0 heterocycles. The summed E-state index contributed by atoms with van der Waals surface area (Å²) in [5, 5.41) is 10.2. The largest absolute Gasteiger partial charge is 0.393 e. The van der Waals surface area contributed by atoms with E-state index in [1.54, 1.807) is 0 Å². The van der Waals surface area contributed by atoms with Crippen molar-refractivity contribution in [2.45, 2.75) is 64.7 Å². The maximum Gasteiger partial charge on any atom is 0.150 e. The molecule has 0 aliphatic heterocycles. The Morgan fingerprint density at radius 1 is 1.22 bits per heavy atom. The minimum atomic E-state index is -2.96. The predicted octanol–water partition coefficient (Wildman–Crippen LogP) is 2.63. The molecule has 108 valence electrons. The Kier molecular flexibility index (Phi) is 4.87. The van der Waals surface area contributed by atoms with Gasteiger partial charge in [-0.05, 0) is 36.5 Å². The highest BCUT2D eigenvalue weighted by Gasteiger charge is 2.37. The van der Waals surface area contributed by atoms with Crippen molar-refractivity contribution in [1.82, 2.24) is 0 Å². The van der Waals surface area contributed by atoms with Gasteiger partial charge in [0.25, 0.3) is 0 Å². The van der Waals surface area contributed by atoms with Crippen LogP contribution >= 0.6 is 0 Å². The van der Waals surface area contributed by atoms with Gasteiger partial charge in [-0.25, -0.2) is 8.42 Å². The van der Waals surface area contributed by atoms with Gasteiger partial charge in [-0.3, -0.25) is 0 Å². The van der Waals surface area contributed by atoms with Gasteiger partial charge < -0.3 is 5.11 Å². The first-order valence-electron chi connectivity index (χ1n) is 6.90. The average molecular weight is 276 g/mol. The Bertz CT molecular complexity index is 367. The summed E-state index contributed by atoms with van der Waals surface area (Å²) in [5.41, 5.74) is 0.0530. The normalized spacial score (nSPS) is 29.9. The smallest absolute Gasteiger partial charge is 0.150 e. The van der Waals surface area contributed by atoms with Crippen LogP contribution in [0.2, 0.25) is 0 Å². The van der Waals surface area contributed by atoms with Crippen molar-refractivity contribution >= 4 is 9.84 Å². The summed E-state index contributed by atoms with van der Waals surface area (Å²) in [6.07, 6.45) is 4.17. The van der Waals surface area contributed by atoms with Crippen LogP contribution in [0.1, 0.15) is 53.4 Å². The first-order chi connectivity index (χ1) is 8.03. The number of hydrogen-bond donors (Lipinski definition) is 1. The Balaban J connectivity index is 2.73. The lowest BCUT2D eigenvalue weighted by Crippen LogP contribution is -2.39. The number of aliphatic hydroxyl groups excluding tert-OH is 1. The first-order valence-corrected chi connectivity index (χ1v) is 8.86. The van der Waals surface area contributed by atoms with Gasteiger partial charge in [0.1, 0.15) is 9.84 Å². The van der Waals surface area contributed by atoms with E-state index >= 15 is 0 Å². The topological polar surface area (TPSA) is 54.4 Å². The maximum absolute atomic E-state index is 11.6. The molecule has 0 radical (unpaired) electrons. The fourth-order valence-corrected chi connectivity index (χ4v) is 3.99. The highest BCUT2D eigenvalue weighted by atomic mass is 32.2. The van der Waals surface area contributed by atoms with Crippen LogP contribution in [0, 0.1) is 17.3 Å². The quantitative estimate of drug-likeness (QED) is 0.862. The minimum absolute atomic E-state index is 0.0530. The van der Waals surface area contributed by atoms with Crippen molar-refractivity contribution in [3.8, 4) is 0 Å². The van der Waals surface area contributed by atoms with Crippen molar-refractivity contribution in [1.29, 1.82) is 0 Å². The molecule has 4 unspecified atom stereocenters. The Labute approximate surface area is 112 Å². The molecular formula is C14H28O3S. The van der Waals surface area contributed by atoms with Gasteiger partial charge >= 0.3 is 0 Å². The molecular weight excluding hydrogens is 248 g/mol. The molecule has 4 atom stereocenters. The zero-order valence-corrected chi connectivity index (χ0v) is 13.1. The molecule has 1 N–H and O–H groups in total. The van der Waals surface area contributed by atoms with E-state index in [4.69, 9.17) is 0 Å². The number of rotatable bonds is 3. The molecule has 4 heteroatoms.